The molecule has 3 N–H and O–H groups in total. The number of hydrogen-bond donors (Lipinski definition) is 3. The zero-order chi connectivity index (χ0) is 15.5. The monoisotopic (exact) mass is 330 g/mol. The van der Waals surface area contributed by atoms with Crippen LogP contribution in [0.1, 0.15) is 18.4 Å². The minimum Gasteiger partial charge on any atom is -0.346 e. The highest BCUT2D eigenvalue weighted by molar-refractivity contribution is 7.91. The highest BCUT2D eigenvalue weighted by Gasteiger charge is 2.20. The summed E-state index contributed by atoms with van der Waals surface area (Å²) in [6.07, 6.45) is 2.14. The lowest BCUT2D eigenvalue weighted by Gasteiger charge is -2.01. The number of hydrogen-bond acceptors (Lipinski definition) is 7. The molecular weight excluding hydrogens is 316 g/mol. The molecule has 2 heterocycles. The maximum Gasteiger partial charge on any atom is 0.269 e. The molecule has 0 radical (unpaired) electrons. The Morgan fingerprint density at radius 2 is 2.19 bits per heavy atom. The lowest BCUT2D eigenvalue weighted by Crippen LogP contribution is -2.26. The summed E-state index contributed by atoms with van der Waals surface area (Å²) in [5.41, 5.74) is 0.839. The summed E-state index contributed by atoms with van der Waals surface area (Å²) in [6, 6.07) is 0. The molecule has 0 aliphatic rings. The van der Waals surface area contributed by atoms with E-state index in [1.54, 1.807) is 6.20 Å². The molecule has 1 amide bonds. The van der Waals surface area contributed by atoms with Gasteiger partial charge in [-0.2, -0.15) is 0 Å². The Balaban J connectivity index is 1.94. The molecule has 0 aliphatic heterocycles. The fraction of sp³-hybridized carbons (Fsp3) is 0.400. The van der Waals surface area contributed by atoms with E-state index in [1.807, 2.05) is 6.92 Å². The zero-order valence-corrected chi connectivity index (χ0v) is 13.0. The Labute approximate surface area is 125 Å². The third kappa shape index (κ3) is 4.31. The molecule has 0 saturated heterocycles. The summed E-state index contributed by atoms with van der Waals surface area (Å²) in [7, 11) is -3.73. The highest BCUT2D eigenvalue weighted by atomic mass is 32.2. The van der Waals surface area contributed by atoms with Gasteiger partial charge >= 0.3 is 0 Å². The van der Waals surface area contributed by atoms with Crippen LogP contribution in [0, 0.1) is 6.92 Å². The number of aromatic amines is 1. The van der Waals surface area contributed by atoms with Gasteiger partial charge in [0.15, 0.2) is 0 Å². The molecule has 9 nitrogen and oxygen atoms in total. The summed E-state index contributed by atoms with van der Waals surface area (Å²) in [6.45, 7) is 3.33. The molecular formula is C10H14N6O3S2. The molecule has 114 valence electrons. The topological polar surface area (TPSA) is 130 Å². The number of aromatic nitrogens is 4. The molecule has 0 aromatic carbocycles. The van der Waals surface area contributed by atoms with Gasteiger partial charge in [0.05, 0.1) is 0 Å². The first-order chi connectivity index (χ1) is 9.87. The van der Waals surface area contributed by atoms with E-state index in [1.165, 1.54) is 6.92 Å². The molecule has 2 aromatic heterocycles. The van der Waals surface area contributed by atoms with Gasteiger partial charge in [0.2, 0.25) is 15.4 Å². The van der Waals surface area contributed by atoms with Crippen LogP contribution in [0.25, 0.3) is 0 Å². The summed E-state index contributed by atoms with van der Waals surface area (Å²) < 4.78 is 26.2. The number of carbonyl (C=O) groups excluding carboxylic acids is 1. The van der Waals surface area contributed by atoms with Gasteiger partial charge in [-0.15, -0.1) is 10.2 Å². The second kappa shape index (κ2) is 6.28. The fourth-order valence-electron chi connectivity index (χ4n) is 1.50. The van der Waals surface area contributed by atoms with Crippen molar-refractivity contribution in [2.24, 2.45) is 0 Å². The molecule has 0 bridgehead atoms. The molecule has 11 heteroatoms. The molecule has 0 atom stereocenters. The highest BCUT2D eigenvalue weighted by Crippen LogP contribution is 2.19. The lowest BCUT2D eigenvalue weighted by atomic mass is 10.3. The van der Waals surface area contributed by atoms with Crippen molar-refractivity contribution in [2.45, 2.75) is 24.6 Å². The van der Waals surface area contributed by atoms with Crippen molar-refractivity contribution in [1.82, 2.24) is 24.9 Å². The third-order valence-corrected chi connectivity index (χ3v) is 5.03. The summed E-state index contributed by atoms with van der Waals surface area (Å²) in [5, 5.41) is 9.68. The molecule has 2 aromatic rings. The molecule has 21 heavy (non-hydrogen) atoms. The van der Waals surface area contributed by atoms with Crippen molar-refractivity contribution in [3.63, 3.8) is 0 Å². The van der Waals surface area contributed by atoms with Crippen LogP contribution in [0.3, 0.4) is 0 Å². The number of H-pyrrole nitrogens is 1. The maximum atomic E-state index is 12.0. The number of carbonyl (C=O) groups is 1. The molecule has 0 spiro atoms. The summed E-state index contributed by atoms with van der Waals surface area (Å²) in [5.74, 6) is 0.439. The van der Waals surface area contributed by atoms with Gasteiger partial charge in [0.25, 0.3) is 10.0 Å². The van der Waals surface area contributed by atoms with E-state index in [2.05, 4.69) is 30.2 Å². The number of nitrogens with zero attached hydrogens (tertiary/aromatic N) is 3. The van der Waals surface area contributed by atoms with Crippen molar-refractivity contribution in [3.8, 4) is 0 Å². The average Bonchev–Trinajstić information content (AvgIpc) is 2.98. The SMILES string of the molecule is CC(=O)Nc1nnc(S(=O)(=O)NCCc2cnc(C)[nH]2)s1. The molecule has 0 unspecified atom stereocenters. The number of rotatable bonds is 6. The standard InChI is InChI=1S/C10H14N6O3S2/c1-6-11-5-8(13-6)3-4-12-21(18,19)10-16-15-9(20-10)14-7(2)17/h5,12H,3-4H2,1-2H3,(H,11,13)(H,14,15,17). The Hall–Kier alpha value is -1.85. The second-order valence-corrected chi connectivity index (χ2v) is 7.11. The molecule has 0 saturated carbocycles. The number of aryl methyl sites for hydroxylation is 1. The van der Waals surface area contributed by atoms with Crippen LogP contribution in [-0.2, 0) is 21.2 Å². The fourth-order valence-corrected chi connectivity index (χ4v) is 3.52. The Kier molecular flexibility index (Phi) is 4.65. The zero-order valence-electron chi connectivity index (χ0n) is 11.4. The van der Waals surface area contributed by atoms with E-state index in [0.29, 0.717) is 6.42 Å². The predicted octanol–water partition coefficient (Wildman–Crippen LogP) is 0.0490. The summed E-state index contributed by atoms with van der Waals surface area (Å²) >= 11 is 0.794. The van der Waals surface area contributed by atoms with Crippen LogP contribution in [0.2, 0.25) is 0 Å². The number of anilines is 1. The largest absolute Gasteiger partial charge is 0.346 e. The van der Waals surface area contributed by atoms with Crippen LogP contribution in [0.4, 0.5) is 5.13 Å². The number of imidazole rings is 1. The van der Waals surface area contributed by atoms with Gasteiger partial charge in [-0.25, -0.2) is 18.1 Å². The van der Waals surface area contributed by atoms with Crippen LogP contribution < -0.4 is 10.0 Å². The van der Waals surface area contributed by atoms with E-state index < -0.39 is 10.0 Å². The molecule has 0 aliphatic carbocycles. The van der Waals surface area contributed by atoms with Crippen molar-refractivity contribution < 1.29 is 13.2 Å². The van der Waals surface area contributed by atoms with Gasteiger partial charge in [0, 0.05) is 31.8 Å². The van der Waals surface area contributed by atoms with Gasteiger partial charge in [-0.05, 0) is 6.92 Å². The Bertz CT molecular complexity index is 736. The minimum absolute atomic E-state index is 0.145. The van der Waals surface area contributed by atoms with Gasteiger partial charge < -0.3 is 10.3 Å². The first kappa shape index (κ1) is 15.5. The van der Waals surface area contributed by atoms with Crippen LogP contribution in [0.5, 0.6) is 0 Å². The van der Waals surface area contributed by atoms with Gasteiger partial charge in [0.1, 0.15) is 5.82 Å². The predicted molar refractivity (Wildman–Crippen MR) is 76.4 cm³/mol. The lowest BCUT2D eigenvalue weighted by molar-refractivity contribution is -0.114. The average molecular weight is 330 g/mol. The van der Waals surface area contributed by atoms with Crippen molar-refractivity contribution >= 4 is 32.4 Å². The number of amides is 1. The minimum atomic E-state index is -3.73. The first-order valence-electron chi connectivity index (χ1n) is 5.98. The third-order valence-electron chi connectivity index (χ3n) is 2.36. The maximum absolute atomic E-state index is 12.0. The summed E-state index contributed by atoms with van der Waals surface area (Å²) in [4.78, 5) is 17.9. The van der Waals surface area contributed by atoms with E-state index >= 15 is 0 Å². The quantitative estimate of drug-likeness (QED) is 0.642. The molecule has 0 fully saturated rings. The normalized spacial score (nSPS) is 11.5. The van der Waals surface area contributed by atoms with Crippen molar-refractivity contribution in [3.05, 3.63) is 17.7 Å². The van der Waals surface area contributed by atoms with Crippen molar-refractivity contribution in [2.75, 3.05) is 11.9 Å². The van der Waals surface area contributed by atoms with E-state index in [4.69, 9.17) is 0 Å². The number of sulfonamides is 1. The van der Waals surface area contributed by atoms with Crippen molar-refractivity contribution in [1.29, 1.82) is 0 Å². The van der Waals surface area contributed by atoms with E-state index in [9.17, 15) is 13.2 Å². The first-order valence-corrected chi connectivity index (χ1v) is 8.28. The second-order valence-electron chi connectivity index (χ2n) is 4.20. The van der Waals surface area contributed by atoms with Gasteiger partial charge in [-0.3, -0.25) is 4.79 Å². The Morgan fingerprint density at radius 1 is 1.43 bits per heavy atom. The van der Waals surface area contributed by atoms with Gasteiger partial charge in [-0.1, -0.05) is 11.3 Å². The molecule has 2 rings (SSSR count). The van der Waals surface area contributed by atoms with Crippen LogP contribution in [-0.4, -0.2) is 41.0 Å². The Morgan fingerprint density at radius 3 is 2.81 bits per heavy atom. The number of nitrogens with one attached hydrogen (secondary N) is 3. The van der Waals surface area contributed by atoms with E-state index in [0.717, 1.165) is 22.9 Å². The van der Waals surface area contributed by atoms with Crippen LogP contribution in [0.15, 0.2) is 10.5 Å². The smallest absolute Gasteiger partial charge is 0.269 e. The van der Waals surface area contributed by atoms with E-state index in [-0.39, 0.29) is 21.9 Å². The van der Waals surface area contributed by atoms with Crippen LogP contribution >= 0.6 is 11.3 Å².